The zero-order chi connectivity index (χ0) is 19.3. The van der Waals surface area contributed by atoms with E-state index < -0.39 is 17.9 Å². The molecular formula is C18H22N4O4. The Labute approximate surface area is 151 Å². The first-order valence-corrected chi connectivity index (χ1v) is 8.21. The van der Waals surface area contributed by atoms with Crippen LogP contribution in [0.3, 0.4) is 0 Å². The van der Waals surface area contributed by atoms with Gasteiger partial charge in [-0.25, -0.2) is 9.48 Å². The van der Waals surface area contributed by atoms with Crippen molar-refractivity contribution in [1.29, 1.82) is 0 Å². The molecule has 26 heavy (non-hydrogen) atoms. The molecule has 0 saturated carbocycles. The van der Waals surface area contributed by atoms with Gasteiger partial charge in [-0.1, -0.05) is 18.2 Å². The van der Waals surface area contributed by atoms with E-state index in [9.17, 15) is 19.5 Å². The number of carboxylic acid groups (broad SMARTS) is 1. The highest BCUT2D eigenvalue weighted by atomic mass is 16.4. The predicted molar refractivity (Wildman–Crippen MR) is 95.1 cm³/mol. The highest BCUT2D eigenvalue weighted by Gasteiger charge is 2.29. The van der Waals surface area contributed by atoms with Gasteiger partial charge in [0, 0.05) is 31.8 Å². The smallest absolute Gasteiger partial charge is 0.326 e. The molecule has 1 aromatic carbocycles. The van der Waals surface area contributed by atoms with Crippen molar-refractivity contribution in [3.63, 3.8) is 0 Å². The van der Waals surface area contributed by atoms with Gasteiger partial charge in [0.05, 0.1) is 5.69 Å². The number of aromatic nitrogens is 2. The van der Waals surface area contributed by atoms with Crippen molar-refractivity contribution in [2.24, 2.45) is 0 Å². The number of aliphatic carboxylic acids is 1. The van der Waals surface area contributed by atoms with Crippen LogP contribution in [-0.2, 0) is 9.59 Å². The van der Waals surface area contributed by atoms with Crippen LogP contribution in [0.5, 0.6) is 0 Å². The number of aryl methyl sites for hydroxylation is 1. The molecular weight excluding hydrogens is 336 g/mol. The van der Waals surface area contributed by atoms with Crippen LogP contribution in [0.2, 0.25) is 0 Å². The van der Waals surface area contributed by atoms with Gasteiger partial charge in [0.15, 0.2) is 5.69 Å². The molecule has 1 aromatic heterocycles. The molecule has 0 aliphatic carbocycles. The van der Waals surface area contributed by atoms with Gasteiger partial charge < -0.3 is 15.3 Å². The highest BCUT2D eigenvalue weighted by molar-refractivity contribution is 5.96. The largest absolute Gasteiger partial charge is 0.480 e. The number of amides is 2. The monoisotopic (exact) mass is 358 g/mol. The number of para-hydroxylation sites is 1. The molecule has 0 aliphatic heterocycles. The van der Waals surface area contributed by atoms with Crippen LogP contribution in [0, 0.1) is 6.92 Å². The van der Waals surface area contributed by atoms with Crippen molar-refractivity contribution in [1.82, 2.24) is 20.0 Å². The normalized spacial score (nSPS) is 11.7. The standard InChI is InChI=1S/C18H22N4O4/c1-12-11-22(15-7-5-4-6-8-15)20-16(12)17(24)21(13(2)18(25)26)10-9-19-14(3)23/h4-8,11,13H,9-10H2,1-3H3,(H,19,23)(H,25,26). The summed E-state index contributed by atoms with van der Waals surface area (Å²) < 4.78 is 1.58. The van der Waals surface area contributed by atoms with Crippen LogP contribution in [0.4, 0.5) is 0 Å². The molecule has 0 radical (unpaired) electrons. The summed E-state index contributed by atoms with van der Waals surface area (Å²) in [6, 6.07) is 8.27. The number of rotatable bonds is 7. The molecule has 138 valence electrons. The van der Waals surface area contributed by atoms with Crippen LogP contribution in [0.15, 0.2) is 36.5 Å². The number of benzene rings is 1. The third-order valence-electron chi connectivity index (χ3n) is 3.93. The molecule has 2 rings (SSSR count). The average molecular weight is 358 g/mol. The second-order valence-electron chi connectivity index (χ2n) is 5.94. The Morgan fingerprint density at radius 2 is 1.92 bits per heavy atom. The summed E-state index contributed by atoms with van der Waals surface area (Å²) in [6.07, 6.45) is 1.72. The van der Waals surface area contributed by atoms with Crippen LogP contribution in [0.1, 0.15) is 29.9 Å². The second kappa shape index (κ2) is 8.28. The lowest BCUT2D eigenvalue weighted by atomic mass is 10.2. The molecule has 0 bridgehead atoms. The number of hydrogen-bond acceptors (Lipinski definition) is 4. The fourth-order valence-corrected chi connectivity index (χ4v) is 2.48. The van der Waals surface area contributed by atoms with E-state index in [2.05, 4.69) is 10.4 Å². The minimum absolute atomic E-state index is 0.0729. The van der Waals surface area contributed by atoms with Crippen LogP contribution >= 0.6 is 0 Å². The number of nitrogens with one attached hydrogen (secondary N) is 1. The third kappa shape index (κ3) is 4.47. The predicted octanol–water partition coefficient (Wildman–Crippen LogP) is 1.23. The summed E-state index contributed by atoms with van der Waals surface area (Å²) in [5.41, 5.74) is 1.62. The molecule has 8 nitrogen and oxygen atoms in total. The van der Waals surface area contributed by atoms with Crippen molar-refractivity contribution in [2.45, 2.75) is 26.8 Å². The van der Waals surface area contributed by atoms with Crippen molar-refractivity contribution in [3.05, 3.63) is 47.8 Å². The van der Waals surface area contributed by atoms with Crippen molar-refractivity contribution < 1.29 is 19.5 Å². The summed E-state index contributed by atoms with van der Waals surface area (Å²) in [5, 5.41) is 16.2. The first kappa shape index (κ1) is 19.2. The zero-order valence-electron chi connectivity index (χ0n) is 15.0. The summed E-state index contributed by atoms with van der Waals surface area (Å²) in [4.78, 5) is 36.5. The van der Waals surface area contributed by atoms with E-state index in [0.717, 1.165) is 5.69 Å². The second-order valence-corrected chi connectivity index (χ2v) is 5.94. The maximum atomic E-state index is 12.9. The zero-order valence-corrected chi connectivity index (χ0v) is 15.0. The molecule has 0 fully saturated rings. The lowest BCUT2D eigenvalue weighted by molar-refractivity contribution is -0.141. The Bertz CT molecular complexity index is 801. The number of carbonyl (C=O) groups excluding carboxylic acids is 2. The summed E-state index contributed by atoms with van der Waals surface area (Å²) >= 11 is 0. The molecule has 8 heteroatoms. The van der Waals surface area contributed by atoms with E-state index in [-0.39, 0.29) is 24.7 Å². The molecule has 2 aromatic rings. The molecule has 1 unspecified atom stereocenters. The van der Waals surface area contributed by atoms with Gasteiger partial charge in [-0.15, -0.1) is 0 Å². The van der Waals surface area contributed by atoms with Crippen molar-refractivity contribution in [2.75, 3.05) is 13.1 Å². The van der Waals surface area contributed by atoms with E-state index in [1.807, 2.05) is 30.3 Å². The summed E-state index contributed by atoms with van der Waals surface area (Å²) in [6.45, 7) is 4.77. The maximum Gasteiger partial charge on any atom is 0.326 e. The first-order valence-electron chi connectivity index (χ1n) is 8.21. The lowest BCUT2D eigenvalue weighted by Gasteiger charge is -2.26. The van der Waals surface area contributed by atoms with E-state index in [1.54, 1.807) is 17.8 Å². The Kier molecular flexibility index (Phi) is 6.11. The molecule has 1 heterocycles. The van der Waals surface area contributed by atoms with Crippen molar-refractivity contribution in [3.8, 4) is 5.69 Å². The molecule has 0 aliphatic rings. The fraction of sp³-hybridized carbons (Fsp3) is 0.333. The fourth-order valence-electron chi connectivity index (χ4n) is 2.48. The summed E-state index contributed by atoms with van der Waals surface area (Å²) in [7, 11) is 0. The van der Waals surface area contributed by atoms with E-state index >= 15 is 0 Å². The van der Waals surface area contributed by atoms with Gasteiger partial charge in [0.1, 0.15) is 6.04 Å². The highest BCUT2D eigenvalue weighted by Crippen LogP contribution is 2.15. The molecule has 0 spiro atoms. The molecule has 2 amide bonds. The SMILES string of the molecule is CC(=O)NCCN(C(=O)c1nn(-c2ccccc2)cc1C)C(C)C(=O)O. The number of nitrogens with zero attached hydrogens (tertiary/aromatic N) is 3. The Morgan fingerprint density at radius 3 is 2.50 bits per heavy atom. The minimum Gasteiger partial charge on any atom is -0.480 e. The van der Waals surface area contributed by atoms with Crippen LogP contribution in [0.25, 0.3) is 5.69 Å². The summed E-state index contributed by atoms with van der Waals surface area (Å²) in [5.74, 6) is -1.86. The Morgan fingerprint density at radius 1 is 1.27 bits per heavy atom. The first-order chi connectivity index (χ1) is 12.3. The quantitative estimate of drug-likeness (QED) is 0.775. The topological polar surface area (TPSA) is 105 Å². The maximum absolute atomic E-state index is 12.9. The van der Waals surface area contributed by atoms with Crippen LogP contribution in [-0.4, -0.2) is 56.7 Å². The minimum atomic E-state index is -1.12. The number of carboxylic acids is 1. The van der Waals surface area contributed by atoms with E-state index in [1.165, 1.54) is 18.7 Å². The van der Waals surface area contributed by atoms with E-state index in [4.69, 9.17) is 0 Å². The molecule has 2 N–H and O–H groups in total. The molecule has 1 atom stereocenters. The van der Waals surface area contributed by atoms with Gasteiger partial charge in [0.2, 0.25) is 5.91 Å². The Hall–Kier alpha value is -3.16. The number of hydrogen-bond donors (Lipinski definition) is 2. The van der Waals surface area contributed by atoms with Crippen molar-refractivity contribution >= 4 is 17.8 Å². The van der Waals surface area contributed by atoms with Gasteiger partial charge in [-0.05, 0) is 26.0 Å². The third-order valence-corrected chi connectivity index (χ3v) is 3.93. The van der Waals surface area contributed by atoms with Gasteiger partial charge in [0.25, 0.3) is 5.91 Å². The number of carbonyl (C=O) groups is 3. The van der Waals surface area contributed by atoms with Gasteiger partial charge in [-0.2, -0.15) is 5.10 Å². The van der Waals surface area contributed by atoms with E-state index in [0.29, 0.717) is 5.56 Å². The lowest BCUT2D eigenvalue weighted by Crippen LogP contribution is -2.47. The van der Waals surface area contributed by atoms with Gasteiger partial charge >= 0.3 is 5.97 Å². The Balaban J connectivity index is 2.28. The average Bonchev–Trinajstić information content (AvgIpc) is 3.00. The van der Waals surface area contributed by atoms with Crippen LogP contribution < -0.4 is 5.32 Å². The molecule has 0 saturated heterocycles. The van der Waals surface area contributed by atoms with Gasteiger partial charge in [-0.3, -0.25) is 9.59 Å².